The van der Waals surface area contributed by atoms with Gasteiger partial charge in [0, 0.05) is 21.9 Å². The van der Waals surface area contributed by atoms with Gasteiger partial charge in [-0.2, -0.15) is 0 Å². The number of hydrogen-bond donors (Lipinski definition) is 1. The van der Waals surface area contributed by atoms with Crippen LogP contribution >= 0.6 is 27.3 Å². The minimum absolute atomic E-state index is 0.431. The van der Waals surface area contributed by atoms with E-state index >= 15 is 0 Å². The molecule has 1 N–H and O–H groups in total. The van der Waals surface area contributed by atoms with Gasteiger partial charge in [0.25, 0.3) is 0 Å². The summed E-state index contributed by atoms with van der Waals surface area (Å²) in [5.41, 5.74) is 2.60. The molecule has 1 unspecified atom stereocenters. The van der Waals surface area contributed by atoms with Crippen molar-refractivity contribution in [3.8, 4) is 0 Å². The Bertz CT molecular complexity index is 520. The average molecular weight is 338 g/mol. The first-order valence-electron chi connectivity index (χ1n) is 6.59. The van der Waals surface area contributed by atoms with Crippen LogP contribution in [0.25, 0.3) is 0 Å². The van der Waals surface area contributed by atoms with Crippen LogP contribution in [0.2, 0.25) is 0 Å². The SMILES string of the molecule is Cc1ccc(CNC(c2cccs2)C(C)C)cc1Br. The summed E-state index contributed by atoms with van der Waals surface area (Å²) in [5, 5.41) is 5.82. The minimum atomic E-state index is 0.431. The highest BCUT2D eigenvalue weighted by atomic mass is 79.9. The summed E-state index contributed by atoms with van der Waals surface area (Å²) < 4.78 is 1.18. The Balaban J connectivity index is 2.05. The first-order chi connectivity index (χ1) is 9.08. The Labute approximate surface area is 128 Å². The van der Waals surface area contributed by atoms with Gasteiger partial charge >= 0.3 is 0 Å². The zero-order valence-corrected chi connectivity index (χ0v) is 14.0. The quantitative estimate of drug-likeness (QED) is 0.779. The van der Waals surface area contributed by atoms with Crippen LogP contribution in [0.15, 0.2) is 40.2 Å². The van der Waals surface area contributed by atoms with Gasteiger partial charge in [0.2, 0.25) is 0 Å². The van der Waals surface area contributed by atoms with E-state index in [9.17, 15) is 0 Å². The van der Waals surface area contributed by atoms with Gasteiger partial charge in [-0.3, -0.25) is 0 Å². The van der Waals surface area contributed by atoms with E-state index in [1.54, 1.807) is 0 Å². The smallest absolute Gasteiger partial charge is 0.0440 e. The van der Waals surface area contributed by atoms with E-state index in [2.05, 4.69) is 77.7 Å². The van der Waals surface area contributed by atoms with E-state index in [-0.39, 0.29) is 0 Å². The minimum Gasteiger partial charge on any atom is -0.305 e. The third-order valence-electron chi connectivity index (χ3n) is 3.28. The van der Waals surface area contributed by atoms with Crippen LogP contribution in [-0.2, 0) is 6.54 Å². The van der Waals surface area contributed by atoms with Crippen molar-refractivity contribution in [3.05, 3.63) is 56.2 Å². The van der Waals surface area contributed by atoms with Crippen molar-refractivity contribution in [1.29, 1.82) is 0 Å². The molecule has 3 heteroatoms. The van der Waals surface area contributed by atoms with E-state index in [1.165, 1.54) is 20.5 Å². The summed E-state index contributed by atoms with van der Waals surface area (Å²) in [6, 6.07) is 11.3. The molecule has 0 saturated heterocycles. The van der Waals surface area contributed by atoms with Crippen LogP contribution in [-0.4, -0.2) is 0 Å². The van der Waals surface area contributed by atoms with Gasteiger partial charge in [0.05, 0.1) is 0 Å². The fraction of sp³-hybridized carbons (Fsp3) is 0.375. The monoisotopic (exact) mass is 337 g/mol. The summed E-state index contributed by atoms with van der Waals surface area (Å²) in [6.45, 7) is 7.55. The highest BCUT2D eigenvalue weighted by Gasteiger charge is 2.15. The molecule has 0 fully saturated rings. The van der Waals surface area contributed by atoms with Gasteiger partial charge in [-0.1, -0.05) is 48.0 Å². The van der Waals surface area contributed by atoms with E-state index in [0.29, 0.717) is 12.0 Å². The molecule has 19 heavy (non-hydrogen) atoms. The van der Waals surface area contributed by atoms with Gasteiger partial charge in [-0.15, -0.1) is 11.3 Å². The Morgan fingerprint density at radius 2 is 2.05 bits per heavy atom. The molecule has 0 spiro atoms. The van der Waals surface area contributed by atoms with Gasteiger partial charge in [-0.25, -0.2) is 0 Å². The molecule has 1 aromatic heterocycles. The molecule has 1 nitrogen and oxygen atoms in total. The molecule has 2 rings (SSSR count). The molecule has 0 aliphatic carbocycles. The second kappa shape index (κ2) is 6.69. The van der Waals surface area contributed by atoms with Crippen molar-refractivity contribution >= 4 is 27.3 Å². The predicted molar refractivity (Wildman–Crippen MR) is 87.6 cm³/mol. The van der Waals surface area contributed by atoms with E-state index in [0.717, 1.165) is 6.54 Å². The molecular formula is C16H20BrNS. The zero-order chi connectivity index (χ0) is 13.8. The van der Waals surface area contributed by atoms with Crippen molar-refractivity contribution in [1.82, 2.24) is 5.32 Å². The van der Waals surface area contributed by atoms with E-state index in [4.69, 9.17) is 0 Å². The number of benzene rings is 1. The number of halogens is 1. The first-order valence-corrected chi connectivity index (χ1v) is 8.27. The lowest BCUT2D eigenvalue weighted by Gasteiger charge is -2.21. The summed E-state index contributed by atoms with van der Waals surface area (Å²) in [6.07, 6.45) is 0. The first kappa shape index (κ1) is 14.8. The Morgan fingerprint density at radius 3 is 2.63 bits per heavy atom. The Morgan fingerprint density at radius 1 is 1.26 bits per heavy atom. The summed E-state index contributed by atoms with van der Waals surface area (Å²) in [5.74, 6) is 0.590. The van der Waals surface area contributed by atoms with E-state index < -0.39 is 0 Å². The molecule has 0 amide bonds. The van der Waals surface area contributed by atoms with Crippen LogP contribution < -0.4 is 5.32 Å². The number of aryl methyl sites for hydroxylation is 1. The molecule has 0 aliphatic heterocycles. The van der Waals surface area contributed by atoms with Gasteiger partial charge in [-0.05, 0) is 41.5 Å². The van der Waals surface area contributed by atoms with Crippen molar-refractivity contribution in [2.75, 3.05) is 0 Å². The molecule has 0 radical (unpaired) electrons. The molecule has 1 aromatic carbocycles. The molecule has 0 saturated carbocycles. The predicted octanol–water partition coefficient (Wildman–Crippen LogP) is 5.31. The van der Waals surface area contributed by atoms with Crippen LogP contribution in [0.3, 0.4) is 0 Å². The number of thiophene rings is 1. The summed E-state index contributed by atoms with van der Waals surface area (Å²) in [4.78, 5) is 1.42. The highest BCUT2D eigenvalue weighted by molar-refractivity contribution is 9.10. The maximum Gasteiger partial charge on any atom is 0.0440 e. The maximum absolute atomic E-state index is 3.67. The van der Waals surface area contributed by atoms with Crippen molar-refractivity contribution in [2.45, 2.75) is 33.4 Å². The van der Waals surface area contributed by atoms with Crippen LogP contribution in [0.1, 0.15) is 35.9 Å². The van der Waals surface area contributed by atoms with Crippen molar-refractivity contribution in [3.63, 3.8) is 0 Å². The van der Waals surface area contributed by atoms with Crippen LogP contribution in [0.5, 0.6) is 0 Å². The van der Waals surface area contributed by atoms with Gasteiger partial charge < -0.3 is 5.32 Å². The largest absolute Gasteiger partial charge is 0.305 e. The molecule has 1 heterocycles. The second-order valence-corrected chi connectivity index (χ2v) is 7.04. The molecular weight excluding hydrogens is 318 g/mol. The van der Waals surface area contributed by atoms with Crippen LogP contribution in [0, 0.1) is 12.8 Å². The Hall–Kier alpha value is -0.640. The molecule has 102 valence electrons. The zero-order valence-electron chi connectivity index (χ0n) is 11.6. The third-order valence-corrected chi connectivity index (χ3v) is 5.09. The lowest BCUT2D eigenvalue weighted by atomic mass is 10.0. The highest BCUT2D eigenvalue weighted by Crippen LogP contribution is 2.26. The summed E-state index contributed by atoms with van der Waals surface area (Å²) >= 11 is 5.42. The molecule has 0 aliphatic rings. The topological polar surface area (TPSA) is 12.0 Å². The number of nitrogens with one attached hydrogen (secondary N) is 1. The second-order valence-electron chi connectivity index (χ2n) is 5.20. The standard InChI is InChI=1S/C16H20BrNS/c1-11(2)16(15-5-4-8-19-15)18-10-13-7-6-12(3)14(17)9-13/h4-9,11,16,18H,10H2,1-3H3. The van der Waals surface area contributed by atoms with Gasteiger partial charge in [0.15, 0.2) is 0 Å². The summed E-state index contributed by atoms with van der Waals surface area (Å²) in [7, 11) is 0. The average Bonchev–Trinajstić information content (AvgIpc) is 2.87. The maximum atomic E-state index is 3.67. The molecule has 0 bridgehead atoms. The molecule has 1 atom stereocenters. The van der Waals surface area contributed by atoms with Crippen LogP contribution in [0.4, 0.5) is 0 Å². The fourth-order valence-corrected chi connectivity index (χ4v) is 3.51. The Kier molecular flexibility index (Phi) is 5.20. The van der Waals surface area contributed by atoms with E-state index in [1.807, 2.05) is 11.3 Å². The lowest BCUT2D eigenvalue weighted by molar-refractivity contribution is 0.416. The van der Waals surface area contributed by atoms with Crippen molar-refractivity contribution in [2.24, 2.45) is 5.92 Å². The lowest BCUT2D eigenvalue weighted by Crippen LogP contribution is -2.24. The fourth-order valence-electron chi connectivity index (χ4n) is 2.11. The number of rotatable bonds is 5. The van der Waals surface area contributed by atoms with Crippen molar-refractivity contribution < 1.29 is 0 Å². The van der Waals surface area contributed by atoms with Gasteiger partial charge in [0.1, 0.15) is 0 Å². The number of hydrogen-bond acceptors (Lipinski definition) is 2. The third kappa shape index (κ3) is 3.91. The normalized spacial score (nSPS) is 12.9. The molecule has 2 aromatic rings.